The van der Waals surface area contributed by atoms with Crippen molar-refractivity contribution in [3.8, 4) is 5.88 Å². The third-order valence-electron chi connectivity index (χ3n) is 3.30. The van der Waals surface area contributed by atoms with Crippen LogP contribution in [-0.2, 0) is 9.84 Å². The highest BCUT2D eigenvalue weighted by molar-refractivity contribution is 7.91. The van der Waals surface area contributed by atoms with Crippen LogP contribution in [0.1, 0.15) is 30.1 Å². The van der Waals surface area contributed by atoms with E-state index >= 15 is 0 Å². The molecule has 0 unspecified atom stereocenters. The van der Waals surface area contributed by atoms with Crippen LogP contribution in [0.4, 0.5) is 0 Å². The van der Waals surface area contributed by atoms with Gasteiger partial charge in [-0.05, 0) is 24.8 Å². The van der Waals surface area contributed by atoms with Crippen molar-refractivity contribution < 1.29 is 17.9 Å². The molecule has 0 atom stereocenters. The van der Waals surface area contributed by atoms with E-state index in [1.54, 1.807) is 19.1 Å². The number of nitrogens with zero attached hydrogens (tertiary/aromatic N) is 1. The van der Waals surface area contributed by atoms with Crippen LogP contribution in [0.5, 0.6) is 5.88 Å². The van der Waals surface area contributed by atoms with Gasteiger partial charge in [-0.15, -0.1) is 0 Å². The Hall–Kier alpha value is -1.63. The molecule has 1 saturated carbocycles. The normalized spacial score (nSPS) is 14.7. The molecule has 7 heteroatoms. The molecule has 1 aliphatic carbocycles. The molecule has 1 amide bonds. The molecule has 1 aromatic heterocycles. The number of hydrogen-bond acceptors (Lipinski definition) is 5. The monoisotopic (exact) mass is 312 g/mol. The first-order valence-corrected chi connectivity index (χ1v) is 8.90. The fourth-order valence-corrected chi connectivity index (χ4v) is 2.36. The third kappa shape index (κ3) is 5.34. The summed E-state index contributed by atoms with van der Waals surface area (Å²) < 4.78 is 28.1. The van der Waals surface area contributed by atoms with Gasteiger partial charge < -0.3 is 10.1 Å². The van der Waals surface area contributed by atoms with E-state index in [1.165, 1.54) is 19.0 Å². The topological polar surface area (TPSA) is 85.4 Å². The van der Waals surface area contributed by atoms with Crippen molar-refractivity contribution in [2.45, 2.75) is 19.8 Å². The highest BCUT2D eigenvalue weighted by Crippen LogP contribution is 2.29. The molecule has 0 spiro atoms. The molecule has 2 rings (SSSR count). The second-order valence-electron chi connectivity index (χ2n) is 5.13. The third-order valence-corrected chi connectivity index (χ3v) is 5.01. The number of rotatable bonds is 8. The summed E-state index contributed by atoms with van der Waals surface area (Å²) >= 11 is 0. The molecular formula is C14H20N2O4S. The Bertz CT molecular complexity index is 579. The molecule has 21 heavy (non-hydrogen) atoms. The highest BCUT2D eigenvalue weighted by Gasteiger charge is 2.22. The number of amides is 1. The fraction of sp³-hybridized carbons (Fsp3) is 0.571. The average Bonchev–Trinajstić information content (AvgIpc) is 3.29. The fourth-order valence-electron chi connectivity index (χ4n) is 1.65. The Kier molecular flexibility index (Phi) is 5.17. The lowest BCUT2D eigenvalue weighted by Crippen LogP contribution is -2.29. The minimum atomic E-state index is -3.06. The zero-order valence-corrected chi connectivity index (χ0v) is 12.9. The molecule has 6 nitrogen and oxygen atoms in total. The summed E-state index contributed by atoms with van der Waals surface area (Å²) in [6.45, 7) is 2.36. The lowest BCUT2D eigenvalue weighted by atomic mass is 10.2. The Balaban J connectivity index is 1.78. The van der Waals surface area contributed by atoms with Crippen LogP contribution in [0.2, 0.25) is 0 Å². The van der Waals surface area contributed by atoms with E-state index in [2.05, 4.69) is 10.3 Å². The predicted octanol–water partition coefficient (Wildman–Crippen LogP) is 1.03. The number of ether oxygens (including phenoxy) is 1. The maximum absolute atomic E-state index is 11.8. The van der Waals surface area contributed by atoms with Crippen LogP contribution in [0.15, 0.2) is 18.3 Å². The lowest BCUT2D eigenvalue weighted by molar-refractivity contribution is 0.0955. The summed E-state index contributed by atoms with van der Waals surface area (Å²) in [7, 11) is -3.06. The van der Waals surface area contributed by atoms with Gasteiger partial charge in [0, 0.05) is 24.6 Å². The molecule has 1 fully saturated rings. The van der Waals surface area contributed by atoms with Crippen LogP contribution in [0.25, 0.3) is 0 Å². The van der Waals surface area contributed by atoms with E-state index in [1.807, 2.05) is 0 Å². The van der Waals surface area contributed by atoms with E-state index in [9.17, 15) is 13.2 Å². The quantitative estimate of drug-likeness (QED) is 0.775. The summed E-state index contributed by atoms with van der Waals surface area (Å²) in [5, 5.41) is 2.57. The molecule has 1 aliphatic rings. The number of carbonyl (C=O) groups is 1. The van der Waals surface area contributed by atoms with Gasteiger partial charge in [-0.2, -0.15) is 0 Å². The Morgan fingerprint density at radius 2 is 2.19 bits per heavy atom. The smallest absolute Gasteiger partial charge is 0.252 e. The molecule has 1 heterocycles. The SMILES string of the molecule is CCS(=O)(=O)CCNC(=O)c1ccc(OCC2CC2)nc1. The molecule has 0 radical (unpaired) electrons. The number of nitrogens with one attached hydrogen (secondary N) is 1. The lowest BCUT2D eigenvalue weighted by Gasteiger charge is -2.07. The first-order valence-electron chi connectivity index (χ1n) is 7.07. The standard InChI is InChI=1S/C14H20N2O4S/c1-2-21(18,19)8-7-15-14(17)12-5-6-13(16-9-12)20-10-11-3-4-11/h5-6,9,11H,2-4,7-8,10H2,1H3,(H,15,17). The van der Waals surface area contributed by atoms with Crippen molar-refractivity contribution >= 4 is 15.7 Å². The zero-order valence-electron chi connectivity index (χ0n) is 12.0. The largest absolute Gasteiger partial charge is 0.477 e. The Morgan fingerprint density at radius 3 is 2.76 bits per heavy atom. The number of aromatic nitrogens is 1. The van der Waals surface area contributed by atoms with Gasteiger partial charge in [-0.3, -0.25) is 4.79 Å². The zero-order chi connectivity index (χ0) is 15.3. The molecular weight excluding hydrogens is 292 g/mol. The van der Waals surface area contributed by atoms with Crippen LogP contribution >= 0.6 is 0 Å². The van der Waals surface area contributed by atoms with Gasteiger partial charge in [-0.1, -0.05) is 6.92 Å². The molecule has 1 aromatic rings. The van der Waals surface area contributed by atoms with Crippen LogP contribution < -0.4 is 10.1 Å². The molecule has 1 N–H and O–H groups in total. The summed E-state index contributed by atoms with van der Waals surface area (Å²) in [4.78, 5) is 15.9. The first-order chi connectivity index (χ1) is 10.00. The van der Waals surface area contributed by atoms with Crippen molar-refractivity contribution in [1.29, 1.82) is 0 Å². The van der Waals surface area contributed by atoms with E-state index < -0.39 is 9.84 Å². The van der Waals surface area contributed by atoms with Crippen molar-refractivity contribution in [3.63, 3.8) is 0 Å². The highest BCUT2D eigenvalue weighted by atomic mass is 32.2. The summed E-state index contributed by atoms with van der Waals surface area (Å²) in [5.74, 6) is 0.854. The minimum absolute atomic E-state index is 0.0503. The van der Waals surface area contributed by atoms with Crippen molar-refractivity contribution in [2.75, 3.05) is 24.7 Å². The first kappa shape index (κ1) is 15.8. The average molecular weight is 312 g/mol. The number of pyridine rings is 1. The van der Waals surface area contributed by atoms with Crippen molar-refractivity contribution in [1.82, 2.24) is 10.3 Å². The van der Waals surface area contributed by atoms with Crippen LogP contribution in [-0.4, -0.2) is 44.0 Å². The molecule has 0 saturated heterocycles. The number of carbonyl (C=O) groups excluding carboxylic acids is 1. The van der Waals surface area contributed by atoms with Crippen molar-refractivity contribution in [2.24, 2.45) is 5.92 Å². The summed E-state index contributed by atoms with van der Waals surface area (Å²) in [6.07, 6.45) is 3.86. The van der Waals surface area contributed by atoms with Gasteiger partial charge in [0.25, 0.3) is 5.91 Å². The maximum Gasteiger partial charge on any atom is 0.252 e. The van der Waals surface area contributed by atoms with Gasteiger partial charge in [0.15, 0.2) is 9.84 Å². The van der Waals surface area contributed by atoms with Crippen molar-refractivity contribution in [3.05, 3.63) is 23.9 Å². The van der Waals surface area contributed by atoms with Gasteiger partial charge >= 0.3 is 0 Å². The van der Waals surface area contributed by atoms with E-state index in [0.717, 1.165) is 0 Å². The van der Waals surface area contributed by atoms with Crippen LogP contribution in [0, 0.1) is 5.92 Å². The van der Waals surface area contributed by atoms with E-state index in [0.29, 0.717) is 24.0 Å². The summed E-state index contributed by atoms with van der Waals surface area (Å²) in [5.41, 5.74) is 0.391. The maximum atomic E-state index is 11.8. The van der Waals surface area contributed by atoms with E-state index in [-0.39, 0.29) is 24.0 Å². The minimum Gasteiger partial charge on any atom is -0.477 e. The number of sulfone groups is 1. The second-order valence-corrected chi connectivity index (χ2v) is 7.60. The second kappa shape index (κ2) is 6.89. The predicted molar refractivity (Wildman–Crippen MR) is 79.1 cm³/mol. The molecule has 0 bridgehead atoms. The Morgan fingerprint density at radius 1 is 1.43 bits per heavy atom. The molecule has 0 aliphatic heterocycles. The van der Waals surface area contributed by atoms with Gasteiger partial charge in [-0.25, -0.2) is 13.4 Å². The van der Waals surface area contributed by atoms with Gasteiger partial charge in [0.1, 0.15) is 0 Å². The van der Waals surface area contributed by atoms with E-state index in [4.69, 9.17) is 4.74 Å². The Labute approximate surface area is 124 Å². The number of hydrogen-bond donors (Lipinski definition) is 1. The van der Waals surface area contributed by atoms with Crippen LogP contribution in [0.3, 0.4) is 0 Å². The van der Waals surface area contributed by atoms with Gasteiger partial charge in [0.2, 0.25) is 5.88 Å². The molecule has 0 aromatic carbocycles. The summed E-state index contributed by atoms with van der Waals surface area (Å²) in [6, 6.07) is 3.28. The molecule has 116 valence electrons. The van der Waals surface area contributed by atoms with Gasteiger partial charge in [0.05, 0.1) is 17.9 Å².